The highest BCUT2D eigenvalue weighted by molar-refractivity contribution is 4.83. The lowest BCUT2D eigenvalue weighted by Gasteiger charge is -2.38. The minimum absolute atomic E-state index is 0.550. The maximum atomic E-state index is 5.46. The molecule has 1 saturated carbocycles. The largest absolute Gasteiger partial charge is 0.330 e. The zero-order valence-electron chi connectivity index (χ0n) is 9.81. The van der Waals surface area contributed by atoms with Gasteiger partial charge in [-0.15, -0.1) is 0 Å². The van der Waals surface area contributed by atoms with Crippen LogP contribution in [0.5, 0.6) is 0 Å². The van der Waals surface area contributed by atoms with E-state index in [2.05, 4.69) is 19.2 Å². The fourth-order valence-electron chi connectivity index (χ4n) is 2.45. The summed E-state index contributed by atoms with van der Waals surface area (Å²) in [5.41, 5.74) is 6.01. The van der Waals surface area contributed by atoms with Gasteiger partial charge in [0.15, 0.2) is 0 Å². The Morgan fingerprint density at radius 1 is 1.36 bits per heavy atom. The van der Waals surface area contributed by atoms with Gasteiger partial charge in [0.1, 0.15) is 0 Å². The number of hydrogen-bond donors (Lipinski definition) is 2. The molecule has 0 aromatic carbocycles. The fourth-order valence-corrected chi connectivity index (χ4v) is 2.45. The lowest BCUT2D eigenvalue weighted by atomic mass is 9.69. The van der Waals surface area contributed by atoms with Gasteiger partial charge in [-0.1, -0.05) is 26.7 Å². The number of nitrogens with two attached hydrogens (primary N) is 1. The van der Waals surface area contributed by atoms with Gasteiger partial charge in [-0.2, -0.15) is 0 Å². The minimum Gasteiger partial charge on any atom is -0.330 e. The lowest BCUT2D eigenvalue weighted by molar-refractivity contribution is 0.136. The molecule has 0 heterocycles. The molecule has 1 unspecified atom stereocenters. The van der Waals surface area contributed by atoms with Crippen molar-refractivity contribution in [3.05, 3.63) is 0 Å². The number of rotatable bonds is 5. The van der Waals surface area contributed by atoms with E-state index in [4.69, 9.17) is 5.73 Å². The molecule has 0 aromatic heterocycles. The third-order valence-electron chi connectivity index (χ3n) is 3.68. The smallest absolute Gasteiger partial charge is 0.00154 e. The Morgan fingerprint density at radius 2 is 2.14 bits per heavy atom. The molecule has 1 aliphatic rings. The summed E-state index contributed by atoms with van der Waals surface area (Å²) in [6, 6.07) is 0. The van der Waals surface area contributed by atoms with E-state index in [0.717, 1.165) is 25.4 Å². The second-order valence-electron chi connectivity index (χ2n) is 5.28. The van der Waals surface area contributed by atoms with Gasteiger partial charge < -0.3 is 11.1 Å². The summed E-state index contributed by atoms with van der Waals surface area (Å²) in [4.78, 5) is 0. The van der Waals surface area contributed by atoms with E-state index in [0.29, 0.717) is 5.41 Å². The quantitative estimate of drug-likeness (QED) is 0.664. The molecule has 0 amide bonds. The topological polar surface area (TPSA) is 38.0 Å². The lowest BCUT2D eigenvalue weighted by Crippen LogP contribution is -2.36. The van der Waals surface area contributed by atoms with Gasteiger partial charge in [-0.25, -0.2) is 0 Å². The van der Waals surface area contributed by atoms with Crippen LogP contribution in [0.4, 0.5) is 0 Å². The zero-order valence-corrected chi connectivity index (χ0v) is 9.81. The van der Waals surface area contributed by atoms with Gasteiger partial charge in [0.2, 0.25) is 0 Å². The average Bonchev–Trinajstić information content (AvgIpc) is 2.14. The maximum Gasteiger partial charge on any atom is -0.00154 e. The van der Waals surface area contributed by atoms with Gasteiger partial charge in [-0.05, 0) is 50.2 Å². The van der Waals surface area contributed by atoms with Crippen molar-refractivity contribution in [2.24, 2.45) is 17.1 Å². The van der Waals surface area contributed by atoms with Crippen molar-refractivity contribution in [2.45, 2.75) is 46.0 Å². The Labute approximate surface area is 88.6 Å². The predicted octanol–water partition coefficient (Wildman–Crippen LogP) is 2.14. The third-order valence-corrected chi connectivity index (χ3v) is 3.68. The van der Waals surface area contributed by atoms with Gasteiger partial charge in [0.05, 0.1) is 0 Å². The summed E-state index contributed by atoms with van der Waals surface area (Å²) < 4.78 is 0. The Balaban J connectivity index is 2.20. The van der Waals surface area contributed by atoms with Crippen LogP contribution >= 0.6 is 0 Å². The Bertz CT molecular complexity index is 154. The summed E-state index contributed by atoms with van der Waals surface area (Å²) in [7, 11) is 0. The molecule has 1 fully saturated rings. The molecule has 0 saturated heterocycles. The van der Waals surface area contributed by atoms with Gasteiger partial charge in [-0.3, -0.25) is 0 Å². The van der Waals surface area contributed by atoms with E-state index < -0.39 is 0 Å². The summed E-state index contributed by atoms with van der Waals surface area (Å²) in [5.74, 6) is 0.869. The first-order valence-electron chi connectivity index (χ1n) is 6.07. The van der Waals surface area contributed by atoms with Gasteiger partial charge in [0, 0.05) is 0 Å². The van der Waals surface area contributed by atoms with Crippen LogP contribution in [-0.4, -0.2) is 19.6 Å². The summed E-state index contributed by atoms with van der Waals surface area (Å²) in [6.07, 6.45) is 6.75. The molecule has 0 bridgehead atoms. The molecule has 1 aliphatic carbocycles. The molecular formula is C12H26N2. The molecule has 0 radical (unpaired) electrons. The van der Waals surface area contributed by atoms with E-state index in [9.17, 15) is 0 Å². The predicted molar refractivity (Wildman–Crippen MR) is 62.3 cm³/mol. The second-order valence-corrected chi connectivity index (χ2v) is 5.28. The van der Waals surface area contributed by atoms with Crippen molar-refractivity contribution in [1.29, 1.82) is 0 Å². The monoisotopic (exact) mass is 198 g/mol. The van der Waals surface area contributed by atoms with Crippen LogP contribution in [-0.2, 0) is 0 Å². The third kappa shape index (κ3) is 3.58. The summed E-state index contributed by atoms with van der Waals surface area (Å²) in [6.45, 7) is 7.92. The van der Waals surface area contributed by atoms with E-state index in [1.54, 1.807) is 0 Å². The summed E-state index contributed by atoms with van der Waals surface area (Å²) in [5, 5.41) is 3.53. The minimum atomic E-state index is 0.550. The first-order valence-corrected chi connectivity index (χ1v) is 6.07. The first kappa shape index (κ1) is 12.0. The second kappa shape index (κ2) is 5.72. The van der Waals surface area contributed by atoms with E-state index >= 15 is 0 Å². The molecule has 84 valence electrons. The molecule has 0 spiro atoms. The molecule has 14 heavy (non-hydrogen) atoms. The van der Waals surface area contributed by atoms with E-state index in [-0.39, 0.29) is 0 Å². The Morgan fingerprint density at radius 3 is 2.79 bits per heavy atom. The van der Waals surface area contributed by atoms with Crippen LogP contribution in [0.2, 0.25) is 0 Å². The molecule has 0 aromatic rings. The molecule has 2 heteroatoms. The Kier molecular flexibility index (Phi) is 4.90. The van der Waals surface area contributed by atoms with Crippen molar-refractivity contribution in [3.63, 3.8) is 0 Å². The first-order chi connectivity index (χ1) is 6.67. The molecule has 3 N–H and O–H groups in total. The fraction of sp³-hybridized carbons (Fsp3) is 1.00. The highest BCUT2D eigenvalue weighted by atomic mass is 14.9. The average molecular weight is 198 g/mol. The van der Waals surface area contributed by atoms with Crippen molar-refractivity contribution >= 4 is 0 Å². The van der Waals surface area contributed by atoms with Crippen LogP contribution in [0.3, 0.4) is 0 Å². The SMILES string of the molecule is CC1(C)CCCCC1CNCCCN. The normalized spacial score (nSPS) is 26.4. The van der Waals surface area contributed by atoms with Crippen LogP contribution in [0.15, 0.2) is 0 Å². The Hall–Kier alpha value is -0.0800. The molecule has 1 atom stereocenters. The highest BCUT2D eigenvalue weighted by Gasteiger charge is 2.31. The van der Waals surface area contributed by atoms with Crippen molar-refractivity contribution in [1.82, 2.24) is 5.32 Å². The standard InChI is InChI=1S/C12H26N2/c1-12(2)7-4-3-6-11(12)10-14-9-5-8-13/h11,14H,3-10,13H2,1-2H3. The molecule has 1 rings (SSSR count). The molecule has 2 nitrogen and oxygen atoms in total. The van der Waals surface area contributed by atoms with E-state index in [1.165, 1.54) is 32.2 Å². The van der Waals surface area contributed by atoms with Crippen LogP contribution in [0, 0.1) is 11.3 Å². The zero-order chi connectivity index (χ0) is 10.4. The number of nitrogens with one attached hydrogen (secondary N) is 1. The van der Waals surface area contributed by atoms with Crippen molar-refractivity contribution < 1.29 is 0 Å². The van der Waals surface area contributed by atoms with Crippen molar-refractivity contribution in [3.8, 4) is 0 Å². The van der Waals surface area contributed by atoms with Gasteiger partial charge >= 0.3 is 0 Å². The van der Waals surface area contributed by atoms with Crippen LogP contribution < -0.4 is 11.1 Å². The van der Waals surface area contributed by atoms with Crippen molar-refractivity contribution in [2.75, 3.05) is 19.6 Å². The number of hydrogen-bond acceptors (Lipinski definition) is 2. The van der Waals surface area contributed by atoms with E-state index in [1.807, 2.05) is 0 Å². The van der Waals surface area contributed by atoms with Gasteiger partial charge in [0.25, 0.3) is 0 Å². The molecule has 0 aliphatic heterocycles. The van der Waals surface area contributed by atoms with Crippen LogP contribution in [0.25, 0.3) is 0 Å². The molecular weight excluding hydrogens is 172 g/mol. The highest BCUT2D eigenvalue weighted by Crippen LogP contribution is 2.39. The van der Waals surface area contributed by atoms with Crippen LogP contribution in [0.1, 0.15) is 46.0 Å². The summed E-state index contributed by atoms with van der Waals surface area (Å²) >= 11 is 0. The maximum absolute atomic E-state index is 5.46.